The largest absolute Gasteiger partial charge is 0.179 e. The van der Waals surface area contributed by atoms with Crippen LogP contribution in [-0.2, 0) is 19.3 Å². The first kappa shape index (κ1) is 22.0. The highest BCUT2D eigenvalue weighted by Crippen LogP contribution is 2.31. The zero-order valence-corrected chi connectivity index (χ0v) is 19.4. The molecule has 0 saturated heterocycles. The van der Waals surface area contributed by atoms with E-state index in [1.807, 2.05) is 22.7 Å². The molecule has 2 aromatic rings. The van der Waals surface area contributed by atoms with Gasteiger partial charge in [-0.1, -0.05) is 39.0 Å². The number of rotatable bonds is 13. The molecule has 0 unspecified atom stereocenters. The van der Waals surface area contributed by atoms with Gasteiger partial charge in [-0.25, -0.2) is 0 Å². The average Bonchev–Trinajstić information content (AvgIpc) is 3.14. The van der Waals surface area contributed by atoms with E-state index in [0.29, 0.717) is 0 Å². The van der Waals surface area contributed by atoms with Crippen LogP contribution < -0.4 is 0 Å². The van der Waals surface area contributed by atoms with E-state index < -0.39 is 0 Å². The Balaban J connectivity index is 1.91. The third kappa shape index (κ3) is 7.40. The van der Waals surface area contributed by atoms with Crippen LogP contribution in [0.5, 0.6) is 0 Å². The van der Waals surface area contributed by atoms with E-state index in [1.165, 1.54) is 74.0 Å². The van der Waals surface area contributed by atoms with Crippen LogP contribution >= 0.6 is 35.3 Å². The molecule has 0 bridgehead atoms. The molecule has 0 aliphatic rings. The third-order valence-electron chi connectivity index (χ3n) is 5.08. The molecular formula is C23H36S3. The summed E-state index contributed by atoms with van der Waals surface area (Å²) in [5.41, 5.74) is 3.21. The fraction of sp³-hybridized carbons (Fsp3) is 0.652. The van der Waals surface area contributed by atoms with Crippen molar-refractivity contribution in [2.45, 2.75) is 91.4 Å². The van der Waals surface area contributed by atoms with Gasteiger partial charge in [0.2, 0.25) is 0 Å². The lowest BCUT2D eigenvalue weighted by molar-refractivity contribution is 0.666. The molecule has 26 heavy (non-hydrogen) atoms. The monoisotopic (exact) mass is 408 g/mol. The summed E-state index contributed by atoms with van der Waals surface area (Å²) in [5.74, 6) is 1.03. The predicted octanol–water partition coefficient (Wildman–Crippen LogP) is 8.17. The number of thiophene rings is 2. The fourth-order valence-electron chi connectivity index (χ4n) is 3.58. The van der Waals surface area contributed by atoms with Crippen molar-refractivity contribution >= 4 is 35.3 Å². The Hall–Kier alpha value is -0.250. The van der Waals surface area contributed by atoms with Crippen LogP contribution in [0.3, 0.4) is 0 Å². The van der Waals surface area contributed by atoms with Crippen LogP contribution in [0.4, 0.5) is 0 Å². The second-order valence-electron chi connectivity index (χ2n) is 7.47. The van der Waals surface area contributed by atoms with Gasteiger partial charge in [-0.15, -0.1) is 22.7 Å². The molecule has 0 radical (unpaired) electrons. The highest BCUT2D eigenvalue weighted by atomic mass is 32.1. The lowest BCUT2D eigenvalue weighted by Gasteiger charge is -2.03. The van der Waals surface area contributed by atoms with Gasteiger partial charge in [-0.05, 0) is 75.0 Å². The summed E-state index contributed by atoms with van der Waals surface area (Å²) in [6, 6.07) is 4.93. The average molecular weight is 409 g/mol. The molecule has 3 heteroatoms. The van der Waals surface area contributed by atoms with Crippen LogP contribution in [0, 0.1) is 13.8 Å². The van der Waals surface area contributed by atoms with Gasteiger partial charge in [0.1, 0.15) is 0 Å². The van der Waals surface area contributed by atoms with Crippen molar-refractivity contribution in [3.05, 3.63) is 42.8 Å². The number of hydrogen-bond donors (Lipinski definition) is 1. The smallest absolute Gasteiger partial charge is 0.0166 e. The number of thiol groups is 1. The summed E-state index contributed by atoms with van der Waals surface area (Å²) in [6.45, 7) is 6.86. The Bertz CT molecular complexity index is 636. The van der Waals surface area contributed by atoms with Crippen LogP contribution in [0.25, 0.3) is 0 Å². The van der Waals surface area contributed by atoms with Gasteiger partial charge >= 0.3 is 0 Å². The first-order chi connectivity index (χ1) is 12.6. The Kier molecular flexibility index (Phi) is 10.4. The molecular weight excluding hydrogens is 372 g/mol. The SMILES string of the molecule is CCCCCCc1cc(C)sc1Cc1cc(CCCCCCS)c(C)s1. The van der Waals surface area contributed by atoms with Gasteiger partial charge in [0.05, 0.1) is 0 Å². The Morgan fingerprint density at radius 3 is 2.23 bits per heavy atom. The van der Waals surface area contributed by atoms with Crippen LogP contribution in [-0.4, -0.2) is 5.75 Å². The molecule has 0 aliphatic carbocycles. The Morgan fingerprint density at radius 1 is 0.808 bits per heavy atom. The number of aryl methyl sites for hydroxylation is 4. The molecule has 0 spiro atoms. The molecule has 0 atom stereocenters. The molecule has 0 amide bonds. The van der Waals surface area contributed by atoms with Crippen molar-refractivity contribution in [3.63, 3.8) is 0 Å². The number of hydrogen-bond acceptors (Lipinski definition) is 3. The van der Waals surface area contributed by atoms with Gasteiger partial charge < -0.3 is 0 Å². The summed E-state index contributed by atoms with van der Waals surface area (Å²) in [5, 5.41) is 0. The van der Waals surface area contributed by atoms with Crippen LogP contribution in [0.15, 0.2) is 12.1 Å². The van der Waals surface area contributed by atoms with Crippen molar-refractivity contribution in [3.8, 4) is 0 Å². The first-order valence-corrected chi connectivity index (χ1v) is 12.7. The maximum absolute atomic E-state index is 4.30. The highest BCUT2D eigenvalue weighted by Gasteiger charge is 2.11. The van der Waals surface area contributed by atoms with Crippen molar-refractivity contribution in [2.75, 3.05) is 5.75 Å². The lowest BCUT2D eigenvalue weighted by Crippen LogP contribution is -1.90. The third-order valence-corrected chi connectivity index (χ3v) is 7.58. The van der Waals surface area contributed by atoms with Gasteiger partial charge in [0.15, 0.2) is 0 Å². The summed E-state index contributed by atoms with van der Waals surface area (Å²) >= 11 is 8.34. The molecule has 0 N–H and O–H groups in total. The molecule has 2 rings (SSSR count). The molecule has 0 nitrogen and oxygen atoms in total. The molecule has 146 valence electrons. The minimum atomic E-state index is 1.03. The minimum absolute atomic E-state index is 1.03. The van der Waals surface area contributed by atoms with E-state index >= 15 is 0 Å². The van der Waals surface area contributed by atoms with Gasteiger partial charge in [0.25, 0.3) is 0 Å². The van der Waals surface area contributed by atoms with Gasteiger partial charge in [-0.2, -0.15) is 12.6 Å². The minimum Gasteiger partial charge on any atom is -0.179 e. The van der Waals surface area contributed by atoms with Gasteiger partial charge in [-0.3, -0.25) is 0 Å². The topological polar surface area (TPSA) is 0 Å². The molecule has 0 aliphatic heterocycles. The quantitative estimate of drug-likeness (QED) is 0.251. The fourth-order valence-corrected chi connectivity index (χ4v) is 6.11. The summed E-state index contributed by atoms with van der Waals surface area (Å²) in [4.78, 5) is 6.18. The van der Waals surface area contributed by atoms with E-state index in [2.05, 4.69) is 45.5 Å². The predicted molar refractivity (Wildman–Crippen MR) is 125 cm³/mol. The molecule has 0 fully saturated rings. The maximum atomic E-state index is 4.30. The molecule has 2 heterocycles. The van der Waals surface area contributed by atoms with Crippen LogP contribution in [0.2, 0.25) is 0 Å². The van der Waals surface area contributed by atoms with Gasteiger partial charge in [0, 0.05) is 25.9 Å². The number of unbranched alkanes of at least 4 members (excludes halogenated alkanes) is 6. The van der Waals surface area contributed by atoms with E-state index in [9.17, 15) is 0 Å². The first-order valence-electron chi connectivity index (χ1n) is 10.4. The second-order valence-corrected chi connectivity index (χ2v) is 10.6. The van der Waals surface area contributed by atoms with Crippen molar-refractivity contribution in [2.24, 2.45) is 0 Å². The summed E-state index contributed by atoms with van der Waals surface area (Å²) < 4.78 is 0. The van der Waals surface area contributed by atoms with Crippen LogP contribution in [0.1, 0.15) is 88.9 Å². The molecule has 0 aromatic carbocycles. The van der Waals surface area contributed by atoms with E-state index in [1.54, 1.807) is 20.9 Å². The maximum Gasteiger partial charge on any atom is 0.0166 e. The van der Waals surface area contributed by atoms with E-state index in [0.717, 1.165) is 12.2 Å². The Labute approximate surface area is 174 Å². The highest BCUT2D eigenvalue weighted by molar-refractivity contribution is 7.80. The Morgan fingerprint density at radius 2 is 1.50 bits per heavy atom. The second kappa shape index (κ2) is 12.3. The van der Waals surface area contributed by atoms with Crippen molar-refractivity contribution < 1.29 is 0 Å². The summed E-state index contributed by atoms with van der Waals surface area (Å²) in [7, 11) is 0. The van der Waals surface area contributed by atoms with Crippen molar-refractivity contribution in [1.29, 1.82) is 0 Å². The standard InChI is InChI=1S/C23H36S3/c1-4-5-6-9-13-21-15-18(2)25-23(21)17-22-16-20(19(3)26-22)12-10-7-8-11-14-24/h15-16,24H,4-14,17H2,1-3H3. The zero-order valence-electron chi connectivity index (χ0n) is 16.9. The molecule has 2 aromatic heterocycles. The van der Waals surface area contributed by atoms with Crippen molar-refractivity contribution in [1.82, 2.24) is 0 Å². The zero-order chi connectivity index (χ0) is 18.8. The van der Waals surface area contributed by atoms with E-state index in [4.69, 9.17) is 0 Å². The lowest BCUT2D eigenvalue weighted by atomic mass is 10.0. The summed E-state index contributed by atoms with van der Waals surface area (Å²) in [6.07, 6.45) is 14.3. The van der Waals surface area contributed by atoms with E-state index in [-0.39, 0.29) is 0 Å². The molecule has 0 saturated carbocycles. The normalized spacial score (nSPS) is 11.4.